The lowest BCUT2D eigenvalue weighted by Gasteiger charge is -2.06. The van der Waals surface area contributed by atoms with E-state index in [1.807, 2.05) is 23.7 Å². The second-order valence-electron chi connectivity index (χ2n) is 3.98. The van der Waals surface area contributed by atoms with E-state index >= 15 is 0 Å². The van der Waals surface area contributed by atoms with Crippen molar-refractivity contribution in [2.24, 2.45) is 5.10 Å². The van der Waals surface area contributed by atoms with E-state index in [-0.39, 0.29) is 0 Å². The fourth-order valence-corrected chi connectivity index (χ4v) is 3.50. The molecule has 0 aliphatic heterocycles. The van der Waals surface area contributed by atoms with Crippen LogP contribution in [0.3, 0.4) is 0 Å². The summed E-state index contributed by atoms with van der Waals surface area (Å²) in [6.07, 6.45) is 6.72. The first kappa shape index (κ1) is 10.9. The normalized spacial score (nSPS) is 15.1. The lowest BCUT2D eigenvalue weighted by Crippen LogP contribution is -1.99. The lowest BCUT2D eigenvalue weighted by atomic mass is 10.0. The van der Waals surface area contributed by atoms with Crippen LogP contribution in [0.1, 0.15) is 28.3 Å². The Morgan fingerprint density at radius 2 is 2.29 bits per heavy atom. The number of thiazole rings is 1. The Bertz CT molecular complexity index is 490. The third-order valence-corrected chi connectivity index (χ3v) is 4.61. The van der Waals surface area contributed by atoms with Crippen molar-refractivity contribution in [3.63, 3.8) is 0 Å². The Balaban J connectivity index is 1.67. The molecule has 0 bridgehead atoms. The molecule has 3 rings (SSSR count). The fourth-order valence-electron chi connectivity index (χ4n) is 1.92. The highest BCUT2D eigenvalue weighted by atomic mass is 32.1. The van der Waals surface area contributed by atoms with E-state index in [9.17, 15) is 0 Å². The summed E-state index contributed by atoms with van der Waals surface area (Å²) in [6.45, 7) is 0. The molecule has 2 heterocycles. The summed E-state index contributed by atoms with van der Waals surface area (Å²) in [6, 6.07) is 4.07. The molecule has 0 saturated carbocycles. The number of aryl methyl sites for hydroxylation is 2. The number of aromatic nitrogens is 1. The fraction of sp³-hybridized carbons (Fsp3) is 0.333. The zero-order valence-corrected chi connectivity index (χ0v) is 11.0. The molecular formula is C12H13N3S2. The quantitative estimate of drug-likeness (QED) is 0.679. The standard InChI is InChI=1S/C12H13N3S2/c1-2-6-11-10(5-1)14-12(17-11)15-13-8-9-4-3-7-16-9/h3-4,7-8H,1-2,5-6H2,(H,14,15)/b13-8-. The van der Waals surface area contributed by atoms with Crippen LogP contribution in [0.2, 0.25) is 0 Å². The number of thiophene rings is 1. The number of fused-ring (bicyclic) bond motifs is 1. The molecule has 0 spiro atoms. The number of hydrogen-bond acceptors (Lipinski definition) is 5. The highest BCUT2D eigenvalue weighted by Gasteiger charge is 2.14. The summed E-state index contributed by atoms with van der Waals surface area (Å²) in [5, 5.41) is 7.18. The Morgan fingerprint density at radius 1 is 1.35 bits per heavy atom. The van der Waals surface area contributed by atoms with Crippen molar-refractivity contribution in [1.29, 1.82) is 0 Å². The van der Waals surface area contributed by atoms with Crippen LogP contribution in [0.15, 0.2) is 22.6 Å². The summed E-state index contributed by atoms with van der Waals surface area (Å²) in [4.78, 5) is 7.15. The van der Waals surface area contributed by atoms with Gasteiger partial charge in [0.25, 0.3) is 0 Å². The van der Waals surface area contributed by atoms with E-state index in [0.717, 1.165) is 16.4 Å². The molecule has 2 aromatic rings. The van der Waals surface area contributed by atoms with E-state index in [1.165, 1.54) is 29.8 Å². The van der Waals surface area contributed by atoms with E-state index in [0.29, 0.717) is 0 Å². The van der Waals surface area contributed by atoms with Crippen LogP contribution in [0.4, 0.5) is 5.13 Å². The van der Waals surface area contributed by atoms with Crippen molar-refractivity contribution >= 4 is 34.0 Å². The Hall–Kier alpha value is -1.20. The Kier molecular flexibility index (Phi) is 3.20. The topological polar surface area (TPSA) is 37.3 Å². The molecule has 0 aromatic carbocycles. The molecular weight excluding hydrogens is 250 g/mol. The zero-order valence-electron chi connectivity index (χ0n) is 9.35. The summed E-state index contributed by atoms with van der Waals surface area (Å²) in [5.41, 5.74) is 4.30. The molecule has 0 unspecified atom stereocenters. The zero-order chi connectivity index (χ0) is 11.5. The monoisotopic (exact) mass is 263 g/mol. The first-order valence-electron chi connectivity index (χ1n) is 5.73. The molecule has 1 N–H and O–H groups in total. The van der Waals surface area contributed by atoms with Gasteiger partial charge >= 0.3 is 0 Å². The second-order valence-corrected chi connectivity index (χ2v) is 6.04. The predicted molar refractivity (Wildman–Crippen MR) is 74.3 cm³/mol. The van der Waals surface area contributed by atoms with E-state index in [2.05, 4.69) is 15.5 Å². The maximum atomic E-state index is 4.57. The van der Waals surface area contributed by atoms with Crippen LogP contribution >= 0.6 is 22.7 Å². The van der Waals surface area contributed by atoms with Gasteiger partial charge in [-0.25, -0.2) is 4.98 Å². The van der Waals surface area contributed by atoms with Crippen LogP contribution in [-0.2, 0) is 12.8 Å². The molecule has 2 aromatic heterocycles. The predicted octanol–water partition coefficient (Wildman–Crippen LogP) is 3.53. The first-order valence-corrected chi connectivity index (χ1v) is 7.42. The van der Waals surface area contributed by atoms with Crippen LogP contribution in [0, 0.1) is 0 Å². The number of nitrogens with one attached hydrogen (secondary N) is 1. The molecule has 3 nitrogen and oxygen atoms in total. The average molecular weight is 263 g/mol. The van der Waals surface area contributed by atoms with E-state index in [1.54, 1.807) is 22.7 Å². The van der Waals surface area contributed by atoms with Gasteiger partial charge in [0, 0.05) is 9.75 Å². The minimum atomic E-state index is 0.921. The van der Waals surface area contributed by atoms with Crippen molar-refractivity contribution in [2.45, 2.75) is 25.7 Å². The van der Waals surface area contributed by atoms with Gasteiger partial charge in [0.15, 0.2) is 0 Å². The summed E-state index contributed by atoms with van der Waals surface area (Å²) in [5.74, 6) is 0. The average Bonchev–Trinajstić information content (AvgIpc) is 2.96. The third-order valence-electron chi connectivity index (χ3n) is 2.74. The van der Waals surface area contributed by atoms with Gasteiger partial charge in [-0.05, 0) is 37.1 Å². The van der Waals surface area contributed by atoms with Crippen molar-refractivity contribution in [2.75, 3.05) is 5.43 Å². The Morgan fingerprint density at radius 3 is 3.12 bits per heavy atom. The summed E-state index contributed by atoms with van der Waals surface area (Å²) < 4.78 is 0. The molecule has 0 radical (unpaired) electrons. The number of anilines is 1. The second kappa shape index (κ2) is 4.98. The molecule has 17 heavy (non-hydrogen) atoms. The number of hydrazone groups is 1. The summed E-state index contributed by atoms with van der Waals surface area (Å²) >= 11 is 3.42. The van der Waals surface area contributed by atoms with Crippen molar-refractivity contribution in [3.05, 3.63) is 33.0 Å². The van der Waals surface area contributed by atoms with Crippen molar-refractivity contribution in [1.82, 2.24) is 4.98 Å². The van der Waals surface area contributed by atoms with Gasteiger partial charge in [0.1, 0.15) is 0 Å². The largest absolute Gasteiger partial charge is 0.253 e. The molecule has 1 aliphatic carbocycles. The molecule has 1 aliphatic rings. The molecule has 0 saturated heterocycles. The van der Waals surface area contributed by atoms with E-state index in [4.69, 9.17) is 0 Å². The Labute approximate surface area is 108 Å². The van der Waals surface area contributed by atoms with Crippen LogP contribution in [0.5, 0.6) is 0 Å². The lowest BCUT2D eigenvalue weighted by molar-refractivity contribution is 0.682. The number of hydrogen-bond donors (Lipinski definition) is 1. The highest BCUT2D eigenvalue weighted by molar-refractivity contribution is 7.15. The molecule has 0 atom stereocenters. The van der Waals surface area contributed by atoms with Gasteiger partial charge in [-0.2, -0.15) is 5.10 Å². The molecule has 0 fully saturated rings. The third kappa shape index (κ3) is 2.56. The number of nitrogens with zero attached hydrogens (tertiary/aromatic N) is 2. The van der Waals surface area contributed by atoms with Crippen molar-refractivity contribution in [3.8, 4) is 0 Å². The van der Waals surface area contributed by atoms with Gasteiger partial charge in [-0.3, -0.25) is 5.43 Å². The SMILES string of the molecule is C(=N/Nc1nc2c(s1)CCCC2)/c1cccs1. The molecule has 88 valence electrons. The maximum absolute atomic E-state index is 4.57. The van der Waals surface area contributed by atoms with Gasteiger partial charge in [0.2, 0.25) is 5.13 Å². The van der Waals surface area contributed by atoms with Gasteiger partial charge in [-0.1, -0.05) is 6.07 Å². The molecule has 0 amide bonds. The van der Waals surface area contributed by atoms with Gasteiger partial charge < -0.3 is 0 Å². The van der Waals surface area contributed by atoms with E-state index < -0.39 is 0 Å². The highest BCUT2D eigenvalue weighted by Crippen LogP contribution is 2.29. The maximum Gasteiger partial charge on any atom is 0.203 e. The van der Waals surface area contributed by atoms with Crippen LogP contribution in [-0.4, -0.2) is 11.2 Å². The minimum absolute atomic E-state index is 0.921. The summed E-state index contributed by atoms with van der Waals surface area (Å²) in [7, 11) is 0. The smallest absolute Gasteiger partial charge is 0.203 e. The molecule has 5 heteroatoms. The van der Waals surface area contributed by atoms with Gasteiger partial charge in [-0.15, -0.1) is 22.7 Å². The van der Waals surface area contributed by atoms with Gasteiger partial charge in [0.05, 0.1) is 11.9 Å². The van der Waals surface area contributed by atoms with Crippen molar-refractivity contribution < 1.29 is 0 Å². The van der Waals surface area contributed by atoms with Crippen LogP contribution < -0.4 is 5.43 Å². The number of rotatable bonds is 3. The van der Waals surface area contributed by atoms with Crippen LogP contribution in [0.25, 0.3) is 0 Å². The minimum Gasteiger partial charge on any atom is -0.253 e. The first-order chi connectivity index (χ1) is 8.42.